The number of Topliss-reactive ketones (excluding diaryl/α,β-unsaturated/α-hetero) is 2. The molecule has 0 radical (unpaired) electrons. The lowest BCUT2D eigenvalue weighted by atomic mass is 10.1. The maximum atomic E-state index is 13.7. The van der Waals surface area contributed by atoms with Crippen molar-refractivity contribution in [1.82, 2.24) is 0 Å². The highest BCUT2D eigenvalue weighted by Crippen LogP contribution is 2.44. The van der Waals surface area contributed by atoms with Gasteiger partial charge >= 0.3 is 0 Å². The molecular weight excluding hydrogens is 557 g/mol. The van der Waals surface area contributed by atoms with Gasteiger partial charge in [-0.25, -0.2) is 8.78 Å². The summed E-state index contributed by atoms with van der Waals surface area (Å²) in [5.41, 5.74) is 4.28. The molecule has 0 amide bonds. The number of thiophene rings is 2. The standard InChI is InChI=1S/C34H21F2NO2S2/c1-18-3-7-22(8-4-18)37(23-9-5-19(2)6-10-23)32-14-21-13-30-20(12-31(21)41-32)11-24(40-30)15-27-33(38)25-16-28(35)29(36)17-26(25)34(27)39/h3-17H,1-2H3. The summed E-state index contributed by atoms with van der Waals surface area (Å²) in [6, 6.07) is 26.9. The zero-order chi connectivity index (χ0) is 28.4. The normalized spacial score (nSPS) is 12.9. The molecule has 6 aromatic rings. The van der Waals surface area contributed by atoms with E-state index in [9.17, 15) is 18.4 Å². The van der Waals surface area contributed by atoms with Gasteiger partial charge in [0.2, 0.25) is 0 Å². The third kappa shape index (κ3) is 4.38. The molecule has 1 aliphatic carbocycles. The van der Waals surface area contributed by atoms with Crippen LogP contribution in [-0.4, -0.2) is 11.6 Å². The minimum atomic E-state index is -1.14. The van der Waals surface area contributed by atoms with Gasteiger partial charge in [0.15, 0.2) is 23.2 Å². The molecule has 3 nitrogen and oxygen atoms in total. The van der Waals surface area contributed by atoms with Crippen LogP contribution in [0.3, 0.4) is 0 Å². The van der Waals surface area contributed by atoms with E-state index in [0.717, 1.165) is 53.6 Å². The van der Waals surface area contributed by atoms with Crippen LogP contribution >= 0.6 is 22.7 Å². The van der Waals surface area contributed by atoms with Gasteiger partial charge in [0.05, 0.1) is 5.57 Å². The Morgan fingerprint density at radius 1 is 0.634 bits per heavy atom. The van der Waals surface area contributed by atoms with Crippen LogP contribution in [0, 0.1) is 25.5 Å². The Bertz CT molecular complexity index is 1930. The monoisotopic (exact) mass is 577 g/mol. The third-order valence-electron chi connectivity index (χ3n) is 7.29. The molecule has 0 aliphatic heterocycles. The predicted molar refractivity (Wildman–Crippen MR) is 164 cm³/mol. The van der Waals surface area contributed by atoms with Crippen molar-refractivity contribution in [2.75, 3.05) is 4.90 Å². The summed E-state index contributed by atoms with van der Waals surface area (Å²) in [6.07, 6.45) is 1.53. The molecule has 0 saturated carbocycles. The van der Waals surface area contributed by atoms with Crippen LogP contribution in [0.15, 0.2) is 90.5 Å². The van der Waals surface area contributed by atoms with Crippen molar-refractivity contribution in [2.45, 2.75) is 13.8 Å². The molecule has 0 bridgehead atoms. The van der Waals surface area contributed by atoms with E-state index in [0.29, 0.717) is 0 Å². The molecule has 0 saturated heterocycles. The van der Waals surface area contributed by atoms with Gasteiger partial charge in [-0.1, -0.05) is 35.4 Å². The van der Waals surface area contributed by atoms with Gasteiger partial charge in [0.1, 0.15) is 5.00 Å². The maximum Gasteiger partial charge on any atom is 0.197 e. The molecule has 2 aromatic heterocycles. The first-order chi connectivity index (χ1) is 19.7. The molecule has 0 atom stereocenters. The predicted octanol–water partition coefficient (Wildman–Crippen LogP) is 9.94. The van der Waals surface area contributed by atoms with Crippen LogP contribution in [0.25, 0.3) is 26.2 Å². The van der Waals surface area contributed by atoms with E-state index in [2.05, 4.69) is 85.5 Å². The van der Waals surface area contributed by atoms with Crippen molar-refractivity contribution in [3.8, 4) is 0 Å². The molecule has 0 fully saturated rings. The Balaban J connectivity index is 1.27. The van der Waals surface area contributed by atoms with Crippen LogP contribution in [0.1, 0.15) is 36.7 Å². The van der Waals surface area contributed by atoms with Gasteiger partial charge < -0.3 is 4.90 Å². The van der Waals surface area contributed by atoms with E-state index < -0.39 is 23.2 Å². The molecule has 7 rings (SSSR count). The van der Waals surface area contributed by atoms with Gasteiger partial charge in [0, 0.05) is 36.8 Å². The molecule has 200 valence electrons. The minimum absolute atomic E-state index is 0.0764. The van der Waals surface area contributed by atoms with Crippen molar-refractivity contribution >= 4 is 76.9 Å². The van der Waals surface area contributed by atoms with Crippen LogP contribution in [0.2, 0.25) is 0 Å². The number of benzene rings is 4. The molecule has 0 unspecified atom stereocenters. The molecule has 4 aromatic carbocycles. The van der Waals surface area contributed by atoms with E-state index in [-0.39, 0.29) is 16.7 Å². The second-order valence-corrected chi connectivity index (χ2v) is 12.4. The molecule has 2 heterocycles. The lowest BCUT2D eigenvalue weighted by Crippen LogP contribution is -2.08. The fraction of sp³-hybridized carbons (Fsp3) is 0.0588. The van der Waals surface area contributed by atoms with Gasteiger partial charge in [-0.05, 0) is 91.4 Å². The summed E-state index contributed by atoms with van der Waals surface area (Å²) in [7, 11) is 0. The Morgan fingerprint density at radius 2 is 1.12 bits per heavy atom. The van der Waals surface area contributed by atoms with Crippen LogP contribution in [0.4, 0.5) is 25.2 Å². The van der Waals surface area contributed by atoms with Crippen molar-refractivity contribution in [1.29, 1.82) is 0 Å². The van der Waals surface area contributed by atoms with E-state index >= 15 is 0 Å². The zero-order valence-corrected chi connectivity index (χ0v) is 23.6. The summed E-state index contributed by atoms with van der Waals surface area (Å²) in [5, 5.41) is 3.17. The molecule has 0 spiro atoms. The Kier molecular flexibility index (Phi) is 5.96. The number of carbonyl (C=O) groups is 2. The van der Waals surface area contributed by atoms with Gasteiger partial charge in [-0.15, -0.1) is 22.7 Å². The van der Waals surface area contributed by atoms with E-state index in [4.69, 9.17) is 0 Å². The second-order valence-electron chi connectivity index (χ2n) is 10.2. The first-order valence-electron chi connectivity index (χ1n) is 13.0. The van der Waals surface area contributed by atoms with Crippen LogP contribution in [-0.2, 0) is 0 Å². The van der Waals surface area contributed by atoms with Gasteiger partial charge in [-0.3, -0.25) is 9.59 Å². The fourth-order valence-electron chi connectivity index (χ4n) is 5.14. The number of anilines is 3. The number of hydrogen-bond donors (Lipinski definition) is 0. The molecule has 0 N–H and O–H groups in total. The summed E-state index contributed by atoms with van der Waals surface area (Å²) in [4.78, 5) is 28.7. The number of hydrogen-bond acceptors (Lipinski definition) is 5. The summed E-state index contributed by atoms with van der Waals surface area (Å²) in [6.45, 7) is 4.15. The van der Waals surface area contributed by atoms with Crippen molar-refractivity contribution in [3.05, 3.63) is 129 Å². The lowest BCUT2D eigenvalue weighted by molar-refractivity contribution is 0.0990. The number of halogens is 2. The van der Waals surface area contributed by atoms with Gasteiger partial charge in [-0.2, -0.15) is 0 Å². The molecule has 7 heteroatoms. The van der Waals surface area contributed by atoms with Crippen molar-refractivity contribution in [2.24, 2.45) is 0 Å². The number of carbonyl (C=O) groups excluding carboxylic acids is 2. The van der Waals surface area contributed by atoms with E-state index in [1.54, 1.807) is 11.3 Å². The minimum Gasteiger partial charge on any atom is -0.302 e. The lowest BCUT2D eigenvalue weighted by Gasteiger charge is -2.23. The number of allylic oxidation sites excluding steroid dienone is 1. The van der Waals surface area contributed by atoms with Crippen molar-refractivity contribution in [3.63, 3.8) is 0 Å². The summed E-state index contributed by atoms with van der Waals surface area (Å²) < 4.78 is 29.6. The zero-order valence-electron chi connectivity index (χ0n) is 22.0. The number of aryl methyl sites for hydroxylation is 2. The highest BCUT2D eigenvalue weighted by molar-refractivity contribution is 7.23. The topological polar surface area (TPSA) is 37.4 Å². The summed E-state index contributed by atoms with van der Waals surface area (Å²) >= 11 is 3.16. The molecule has 41 heavy (non-hydrogen) atoms. The molecule has 1 aliphatic rings. The van der Waals surface area contributed by atoms with Crippen molar-refractivity contribution < 1.29 is 18.4 Å². The fourth-order valence-corrected chi connectivity index (χ4v) is 7.31. The average molecular weight is 578 g/mol. The third-order valence-corrected chi connectivity index (χ3v) is 9.42. The highest BCUT2D eigenvalue weighted by Gasteiger charge is 2.34. The van der Waals surface area contributed by atoms with E-state index in [1.165, 1.54) is 28.5 Å². The second kappa shape index (κ2) is 9.58. The molecular formula is C34H21F2NO2S2. The largest absolute Gasteiger partial charge is 0.302 e. The quantitative estimate of drug-likeness (QED) is 0.155. The average Bonchev–Trinajstić information content (AvgIpc) is 3.60. The number of nitrogens with zero attached hydrogens (tertiary/aromatic N) is 1. The Morgan fingerprint density at radius 3 is 1.66 bits per heavy atom. The smallest absolute Gasteiger partial charge is 0.197 e. The van der Waals surface area contributed by atoms with Crippen LogP contribution < -0.4 is 4.90 Å². The first kappa shape index (κ1) is 25.5. The Labute approximate surface area is 242 Å². The van der Waals surface area contributed by atoms with Crippen LogP contribution in [0.5, 0.6) is 0 Å². The number of rotatable bonds is 4. The first-order valence-corrected chi connectivity index (χ1v) is 14.6. The van der Waals surface area contributed by atoms with Gasteiger partial charge in [0.25, 0.3) is 0 Å². The number of ketones is 2. The SMILES string of the molecule is Cc1ccc(N(c2ccc(C)cc2)c2cc3cc4sc(C=C5C(=O)c6cc(F)c(F)cc6C5=O)cc4cc3s2)cc1. The summed E-state index contributed by atoms with van der Waals surface area (Å²) in [5.74, 6) is -3.45. The number of fused-ring (bicyclic) bond motifs is 3. The van der Waals surface area contributed by atoms with E-state index in [1.807, 2.05) is 6.07 Å². The Hall–Kier alpha value is -4.46. The maximum absolute atomic E-state index is 13.7. The highest BCUT2D eigenvalue weighted by atomic mass is 32.1.